The van der Waals surface area contributed by atoms with Crippen LogP contribution in [0.3, 0.4) is 0 Å². The Morgan fingerprint density at radius 2 is 1.86 bits per heavy atom. The molecule has 0 aliphatic heterocycles. The van der Waals surface area contributed by atoms with E-state index in [2.05, 4.69) is 19.2 Å². The molecule has 0 heterocycles. The normalized spacial score (nSPS) is 11.6. The number of carbonyl (C=O) groups excluding carboxylic acids is 1. The third-order valence-corrected chi connectivity index (χ3v) is 3.74. The van der Waals surface area contributed by atoms with Crippen LogP contribution in [0.15, 0.2) is 24.3 Å². The maximum absolute atomic E-state index is 12.6. The van der Waals surface area contributed by atoms with E-state index in [9.17, 15) is 4.79 Å². The second-order valence-corrected chi connectivity index (χ2v) is 6.68. The lowest BCUT2D eigenvalue weighted by molar-refractivity contribution is -0.134. The summed E-state index contributed by atoms with van der Waals surface area (Å²) >= 11 is 0. The molecule has 1 rings (SSSR count). The molecule has 0 aliphatic carbocycles. The zero-order valence-corrected chi connectivity index (χ0v) is 14.8. The summed E-state index contributed by atoms with van der Waals surface area (Å²) in [6.07, 6.45) is 0. The summed E-state index contributed by atoms with van der Waals surface area (Å²) < 4.78 is 5.69. The van der Waals surface area contributed by atoms with Gasteiger partial charge in [-0.1, -0.05) is 26.0 Å². The molecule has 0 aromatic heterocycles. The molecule has 124 valence electrons. The predicted molar refractivity (Wildman–Crippen MR) is 91.4 cm³/mol. The van der Waals surface area contributed by atoms with Crippen molar-refractivity contribution in [3.63, 3.8) is 0 Å². The summed E-state index contributed by atoms with van der Waals surface area (Å²) in [4.78, 5) is 14.4. The average Bonchev–Trinajstić information content (AvgIpc) is 2.50. The van der Waals surface area contributed by atoms with Crippen molar-refractivity contribution in [3.05, 3.63) is 29.8 Å². The van der Waals surface area contributed by atoms with Crippen LogP contribution in [-0.4, -0.2) is 44.6 Å². The first-order chi connectivity index (χ1) is 10.3. The Kier molecular flexibility index (Phi) is 6.88. The smallest absolute Gasteiger partial charge is 0.232 e. The first kappa shape index (κ1) is 18.5. The fourth-order valence-electron chi connectivity index (χ4n) is 2.21. The molecule has 0 atom stereocenters. The van der Waals surface area contributed by atoms with Gasteiger partial charge in [0.15, 0.2) is 0 Å². The lowest BCUT2D eigenvalue weighted by Crippen LogP contribution is -2.43. The van der Waals surface area contributed by atoms with Gasteiger partial charge < -0.3 is 15.0 Å². The van der Waals surface area contributed by atoms with E-state index in [-0.39, 0.29) is 5.91 Å². The van der Waals surface area contributed by atoms with Crippen LogP contribution in [0.5, 0.6) is 5.75 Å². The Hall–Kier alpha value is -1.55. The quantitative estimate of drug-likeness (QED) is 0.803. The van der Waals surface area contributed by atoms with Gasteiger partial charge in [-0.05, 0) is 44.5 Å². The second-order valence-electron chi connectivity index (χ2n) is 6.68. The number of nitrogens with one attached hydrogen (secondary N) is 1. The molecule has 4 nitrogen and oxygen atoms in total. The number of carbonyl (C=O) groups is 1. The van der Waals surface area contributed by atoms with Gasteiger partial charge in [0.1, 0.15) is 5.75 Å². The molecule has 0 fully saturated rings. The molecule has 22 heavy (non-hydrogen) atoms. The highest BCUT2D eigenvalue weighted by molar-refractivity contribution is 5.87. The average molecular weight is 306 g/mol. The van der Waals surface area contributed by atoms with Crippen molar-refractivity contribution in [2.45, 2.75) is 33.1 Å². The van der Waals surface area contributed by atoms with Gasteiger partial charge in [0, 0.05) is 20.1 Å². The highest BCUT2D eigenvalue weighted by Crippen LogP contribution is 2.27. The number of hydrogen-bond donors (Lipinski definition) is 1. The van der Waals surface area contributed by atoms with E-state index in [1.807, 2.05) is 52.2 Å². The van der Waals surface area contributed by atoms with E-state index in [0.29, 0.717) is 19.1 Å². The molecule has 0 spiro atoms. The van der Waals surface area contributed by atoms with Crippen molar-refractivity contribution >= 4 is 5.91 Å². The third kappa shape index (κ3) is 5.02. The number of likely N-dealkylation sites (N-methyl/N-ethyl adjacent to an activating group) is 2. The molecule has 1 aromatic carbocycles. The number of ether oxygens (including phenoxy) is 1. The van der Waals surface area contributed by atoms with Gasteiger partial charge in [0.25, 0.3) is 0 Å². The highest BCUT2D eigenvalue weighted by Gasteiger charge is 2.32. The monoisotopic (exact) mass is 306 g/mol. The van der Waals surface area contributed by atoms with Gasteiger partial charge in [-0.2, -0.15) is 0 Å². The summed E-state index contributed by atoms with van der Waals surface area (Å²) in [5.41, 5.74) is 0.463. The van der Waals surface area contributed by atoms with Crippen LogP contribution in [0.25, 0.3) is 0 Å². The van der Waals surface area contributed by atoms with Gasteiger partial charge in [-0.25, -0.2) is 0 Å². The van der Waals surface area contributed by atoms with Crippen LogP contribution in [0.2, 0.25) is 0 Å². The lowest BCUT2D eigenvalue weighted by Gasteiger charge is -2.30. The van der Waals surface area contributed by atoms with E-state index < -0.39 is 5.41 Å². The minimum absolute atomic E-state index is 0.124. The van der Waals surface area contributed by atoms with Gasteiger partial charge in [0.2, 0.25) is 5.91 Å². The first-order valence-corrected chi connectivity index (χ1v) is 7.92. The maximum atomic E-state index is 12.6. The van der Waals surface area contributed by atoms with Crippen LogP contribution < -0.4 is 10.1 Å². The van der Waals surface area contributed by atoms with E-state index in [1.54, 1.807) is 4.90 Å². The fraction of sp³-hybridized carbons (Fsp3) is 0.611. The molecule has 0 saturated carbocycles. The van der Waals surface area contributed by atoms with Gasteiger partial charge in [-0.15, -0.1) is 0 Å². The van der Waals surface area contributed by atoms with E-state index >= 15 is 0 Å². The van der Waals surface area contributed by atoms with Crippen molar-refractivity contribution in [1.29, 1.82) is 0 Å². The molecule has 4 heteroatoms. The summed E-state index contributed by atoms with van der Waals surface area (Å²) in [7, 11) is 3.74. The Labute approximate surface area is 134 Å². The third-order valence-electron chi connectivity index (χ3n) is 3.74. The minimum Gasteiger partial charge on any atom is -0.493 e. The zero-order valence-electron chi connectivity index (χ0n) is 14.8. The number of hydrogen-bond acceptors (Lipinski definition) is 3. The molecule has 0 unspecified atom stereocenters. The van der Waals surface area contributed by atoms with Crippen LogP contribution >= 0.6 is 0 Å². The molecule has 0 radical (unpaired) electrons. The van der Waals surface area contributed by atoms with Crippen molar-refractivity contribution in [2.75, 3.05) is 33.8 Å². The fourth-order valence-corrected chi connectivity index (χ4v) is 2.21. The van der Waals surface area contributed by atoms with Crippen LogP contribution in [0.1, 0.15) is 33.3 Å². The largest absolute Gasteiger partial charge is 0.493 e. The first-order valence-electron chi connectivity index (χ1n) is 7.92. The summed E-state index contributed by atoms with van der Waals surface area (Å²) in [5, 5.41) is 3.06. The van der Waals surface area contributed by atoms with Crippen LogP contribution in [-0.2, 0) is 10.2 Å². The summed E-state index contributed by atoms with van der Waals surface area (Å²) in [6.45, 7) is 10.4. The minimum atomic E-state index is -0.543. The van der Waals surface area contributed by atoms with Crippen LogP contribution in [0, 0.1) is 5.92 Å². The number of nitrogens with zero attached hydrogens (tertiary/aromatic N) is 1. The van der Waals surface area contributed by atoms with E-state index in [1.165, 1.54) is 0 Å². The van der Waals surface area contributed by atoms with Gasteiger partial charge >= 0.3 is 0 Å². The number of benzene rings is 1. The summed E-state index contributed by atoms with van der Waals surface area (Å²) in [5.74, 6) is 1.47. The Balaban J connectivity index is 2.77. The topological polar surface area (TPSA) is 41.6 Å². The molecule has 0 saturated heterocycles. The highest BCUT2D eigenvalue weighted by atomic mass is 16.5. The van der Waals surface area contributed by atoms with Gasteiger partial charge in [-0.3, -0.25) is 4.79 Å². The van der Waals surface area contributed by atoms with Crippen molar-refractivity contribution < 1.29 is 9.53 Å². The Bertz CT molecular complexity index is 466. The second kappa shape index (κ2) is 8.18. The molecular formula is C18H30N2O2. The lowest BCUT2D eigenvalue weighted by atomic mass is 9.83. The predicted octanol–water partition coefficient (Wildman–Crippen LogP) is 2.68. The molecule has 0 bridgehead atoms. The maximum Gasteiger partial charge on any atom is 0.232 e. The van der Waals surface area contributed by atoms with Crippen molar-refractivity contribution in [2.24, 2.45) is 5.92 Å². The molecule has 0 aliphatic rings. The SMILES string of the molecule is CNCCN(C)C(=O)C(C)(C)c1ccc(OCC(C)C)cc1. The molecule has 1 aromatic rings. The number of amides is 1. The summed E-state index contributed by atoms with van der Waals surface area (Å²) in [6, 6.07) is 7.86. The Morgan fingerprint density at radius 3 is 2.36 bits per heavy atom. The van der Waals surface area contributed by atoms with Crippen molar-refractivity contribution in [3.8, 4) is 5.75 Å². The van der Waals surface area contributed by atoms with Crippen molar-refractivity contribution in [1.82, 2.24) is 10.2 Å². The zero-order chi connectivity index (χ0) is 16.8. The van der Waals surface area contributed by atoms with E-state index in [0.717, 1.165) is 17.9 Å². The van der Waals surface area contributed by atoms with Gasteiger partial charge in [0.05, 0.1) is 12.0 Å². The molecule has 1 N–H and O–H groups in total. The molecular weight excluding hydrogens is 276 g/mol. The molecule has 1 amide bonds. The van der Waals surface area contributed by atoms with E-state index in [4.69, 9.17) is 4.74 Å². The van der Waals surface area contributed by atoms with Crippen LogP contribution in [0.4, 0.5) is 0 Å². The standard InChI is InChI=1S/C18H30N2O2/c1-14(2)13-22-16-9-7-15(8-10-16)18(3,4)17(21)20(6)12-11-19-5/h7-10,14,19H,11-13H2,1-6H3. The number of rotatable bonds is 8. The Morgan fingerprint density at radius 1 is 1.27 bits per heavy atom.